The van der Waals surface area contributed by atoms with Crippen LogP contribution in [0.1, 0.15) is 5.56 Å². The minimum absolute atomic E-state index is 0.000375. The van der Waals surface area contributed by atoms with Gasteiger partial charge in [-0.3, -0.25) is 18.7 Å². The van der Waals surface area contributed by atoms with Gasteiger partial charge in [0, 0.05) is 6.07 Å². The first-order chi connectivity index (χ1) is 18.9. The molecule has 8 nitrogen and oxygen atoms in total. The number of thioether (sulfide) groups is 1. The number of fused-ring (bicyclic) bond motifs is 1. The molecule has 39 heavy (non-hydrogen) atoms. The fourth-order valence-electron chi connectivity index (χ4n) is 4.09. The summed E-state index contributed by atoms with van der Waals surface area (Å²) in [7, 11) is 3.08. The van der Waals surface area contributed by atoms with Crippen LogP contribution in [-0.2, 0) is 4.79 Å². The molecule has 2 heterocycles. The van der Waals surface area contributed by atoms with Crippen LogP contribution in [0.25, 0.3) is 21.7 Å². The summed E-state index contributed by atoms with van der Waals surface area (Å²) in [6.45, 7) is 1.98. The van der Waals surface area contributed by atoms with Crippen LogP contribution in [0.15, 0.2) is 82.7 Å². The second-order valence-electron chi connectivity index (χ2n) is 8.42. The molecule has 198 valence electrons. The number of methoxy groups -OCH3 is 2. The molecule has 1 amide bonds. The zero-order valence-corrected chi connectivity index (χ0v) is 23.8. The van der Waals surface area contributed by atoms with Crippen LogP contribution in [0.2, 0.25) is 0 Å². The fourth-order valence-corrected chi connectivity index (χ4v) is 6.19. The molecule has 0 bridgehead atoms. The number of aromatic nitrogens is 3. The van der Waals surface area contributed by atoms with E-state index in [9.17, 15) is 9.59 Å². The topological polar surface area (TPSA) is 87.4 Å². The Labute approximate surface area is 237 Å². The minimum atomic E-state index is -0.290. The Morgan fingerprint density at radius 1 is 1.03 bits per heavy atom. The zero-order valence-electron chi connectivity index (χ0n) is 21.3. The van der Waals surface area contributed by atoms with Gasteiger partial charge in [0.1, 0.15) is 16.2 Å². The summed E-state index contributed by atoms with van der Waals surface area (Å²) in [5.74, 6) is 0.800. The Kier molecular flexibility index (Phi) is 7.82. The number of amides is 1. The Hall–Kier alpha value is -3.93. The van der Waals surface area contributed by atoms with Crippen LogP contribution in [0, 0.1) is 10.9 Å². The highest BCUT2D eigenvalue weighted by Crippen LogP contribution is 2.31. The number of ether oxygens (including phenoxy) is 2. The van der Waals surface area contributed by atoms with Crippen LogP contribution < -0.4 is 20.3 Å². The summed E-state index contributed by atoms with van der Waals surface area (Å²) in [5, 5.41) is 3.24. The van der Waals surface area contributed by atoms with E-state index in [1.165, 1.54) is 23.0 Å². The predicted octanol–water partition coefficient (Wildman–Crippen LogP) is 6.02. The van der Waals surface area contributed by atoms with E-state index in [-0.39, 0.29) is 17.2 Å². The number of nitrogens with one attached hydrogen (secondary N) is 1. The molecular weight excluding hydrogens is 553 g/mol. The molecule has 5 rings (SSSR count). The summed E-state index contributed by atoms with van der Waals surface area (Å²) in [6.07, 6.45) is 0. The molecule has 11 heteroatoms. The highest BCUT2D eigenvalue weighted by molar-refractivity contribution is 7.99. The standard InChI is InChI=1S/C28H24N4O4S3/c1-17-9-7-8-12-21(17)32-25-24(39-28(32)37)26(34)31(18-10-5-4-6-11-18)27(30-25)38-16-23(33)29-20-15-19(35-2)13-14-22(20)36-3/h4-15H,16H2,1-3H3,(H,29,33). The Balaban J connectivity index is 1.57. The molecule has 0 fully saturated rings. The van der Waals surface area contributed by atoms with Gasteiger partial charge < -0.3 is 14.8 Å². The van der Waals surface area contributed by atoms with Gasteiger partial charge in [0.05, 0.1) is 37.0 Å². The first-order valence-electron chi connectivity index (χ1n) is 11.9. The Bertz CT molecular complexity index is 1790. The lowest BCUT2D eigenvalue weighted by molar-refractivity contribution is -0.113. The van der Waals surface area contributed by atoms with Crippen molar-refractivity contribution in [1.82, 2.24) is 14.1 Å². The quantitative estimate of drug-likeness (QED) is 0.137. The van der Waals surface area contributed by atoms with Crippen molar-refractivity contribution in [2.45, 2.75) is 12.1 Å². The molecule has 0 unspecified atom stereocenters. The SMILES string of the molecule is COc1ccc(OC)c(NC(=O)CSc2nc3c(sc(=S)n3-c3ccccc3C)c(=O)n2-c2ccccc2)c1. The molecule has 0 radical (unpaired) electrons. The first-order valence-corrected chi connectivity index (χ1v) is 14.1. The predicted molar refractivity (Wildman–Crippen MR) is 159 cm³/mol. The molecule has 0 saturated carbocycles. The third-order valence-corrected chi connectivity index (χ3v) is 8.25. The van der Waals surface area contributed by atoms with E-state index in [2.05, 4.69) is 5.32 Å². The molecule has 0 aliphatic heterocycles. The van der Waals surface area contributed by atoms with E-state index < -0.39 is 0 Å². The number of nitrogens with zero attached hydrogens (tertiary/aromatic N) is 3. The number of thiazole rings is 1. The molecule has 0 aliphatic carbocycles. The first kappa shape index (κ1) is 26.7. The molecule has 0 spiro atoms. The number of hydrogen-bond donors (Lipinski definition) is 1. The van der Waals surface area contributed by atoms with Crippen molar-refractivity contribution in [3.8, 4) is 22.9 Å². The van der Waals surface area contributed by atoms with E-state index in [1.807, 2.05) is 66.1 Å². The number of benzene rings is 3. The average Bonchev–Trinajstić information content (AvgIpc) is 3.28. The Morgan fingerprint density at radius 3 is 2.49 bits per heavy atom. The van der Waals surface area contributed by atoms with Gasteiger partial charge in [0.2, 0.25) is 5.91 Å². The van der Waals surface area contributed by atoms with Crippen LogP contribution >= 0.6 is 35.3 Å². The van der Waals surface area contributed by atoms with Gasteiger partial charge in [0.15, 0.2) is 14.8 Å². The van der Waals surface area contributed by atoms with Crippen molar-refractivity contribution in [3.05, 3.63) is 92.7 Å². The van der Waals surface area contributed by atoms with E-state index >= 15 is 0 Å². The molecule has 0 atom stereocenters. The molecule has 2 aromatic heterocycles. The van der Waals surface area contributed by atoms with Crippen molar-refractivity contribution in [3.63, 3.8) is 0 Å². The van der Waals surface area contributed by atoms with Crippen LogP contribution in [0.4, 0.5) is 5.69 Å². The van der Waals surface area contributed by atoms with Crippen LogP contribution in [0.3, 0.4) is 0 Å². The number of hydrogen-bond acceptors (Lipinski definition) is 8. The van der Waals surface area contributed by atoms with Gasteiger partial charge >= 0.3 is 0 Å². The van der Waals surface area contributed by atoms with E-state index in [4.69, 9.17) is 26.7 Å². The number of anilines is 1. The maximum Gasteiger partial charge on any atom is 0.278 e. The Morgan fingerprint density at radius 2 is 1.77 bits per heavy atom. The van der Waals surface area contributed by atoms with Gasteiger partial charge in [-0.15, -0.1) is 0 Å². The fraction of sp³-hybridized carbons (Fsp3) is 0.143. The average molecular weight is 577 g/mol. The zero-order chi connectivity index (χ0) is 27.5. The molecule has 5 aromatic rings. The maximum atomic E-state index is 13.9. The highest BCUT2D eigenvalue weighted by atomic mass is 32.2. The van der Waals surface area contributed by atoms with Gasteiger partial charge in [-0.1, -0.05) is 59.5 Å². The van der Waals surface area contributed by atoms with Gasteiger partial charge in [-0.25, -0.2) is 4.98 Å². The minimum Gasteiger partial charge on any atom is -0.497 e. The normalized spacial score (nSPS) is 10.9. The number of carbonyl (C=O) groups is 1. The number of para-hydroxylation sites is 2. The summed E-state index contributed by atoms with van der Waals surface area (Å²) in [4.78, 5) is 31.8. The number of rotatable bonds is 8. The van der Waals surface area contributed by atoms with Crippen molar-refractivity contribution >= 4 is 57.3 Å². The highest BCUT2D eigenvalue weighted by Gasteiger charge is 2.20. The maximum absolute atomic E-state index is 13.9. The molecule has 0 aliphatic rings. The van der Waals surface area contributed by atoms with Crippen LogP contribution in [0.5, 0.6) is 11.5 Å². The van der Waals surface area contributed by atoms with E-state index in [1.54, 1.807) is 25.3 Å². The third-order valence-electron chi connectivity index (χ3n) is 5.96. The van der Waals surface area contributed by atoms with Crippen molar-refractivity contribution in [2.75, 3.05) is 25.3 Å². The van der Waals surface area contributed by atoms with Gasteiger partial charge in [-0.2, -0.15) is 0 Å². The molecule has 1 N–H and O–H groups in total. The number of carbonyl (C=O) groups excluding carboxylic acids is 1. The van der Waals surface area contributed by atoms with E-state index in [0.29, 0.717) is 42.3 Å². The lowest BCUT2D eigenvalue weighted by atomic mass is 10.2. The van der Waals surface area contributed by atoms with Gasteiger partial charge in [0.25, 0.3) is 5.56 Å². The molecular formula is C28H24N4O4S3. The molecule has 3 aromatic carbocycles. The summed E-state index contributed by atoms with van der Waals surface area (Å²) in [5.41, 5.74) is 3.22. The lowest BCUT2D eigenvalue weighted by Gasteiger charge is -2.14. The largest absolute Gasteiger partial charge is 0.497 e. The summed E-state index contributed by atoms with van der Waals surface area (Å²) >= 11 is 8.07. The lowest BCUT2D eigenvalue weighted by Crippen LogP contribution is -2.23. The number of aryl methyl sites for hydroxylation is 1. The second-order valence-corrected chi connectivity index (χ2v) is 11.0. The van der Waals surface area contributed by atoms with Gasteiger partial charge in [-0.05, 0) is 55.0 Å². The summed E-state index contributed by atoms with van der Waals surface area (Å²) < 4.78 is 15.0. The third kappa shape index (κ3) is 5.33. The smallest absolute Gasteiger partial charge is 0.278 e. The van der Waals surface area contributed by atoms with Crippen LogP contribution in [-0.4, -0.2) is 40.0 Å². The second kappa shape index (κ2) is 11.4. The van der Waals surface area contributed by atoms with Crippen molar-refractivity contribution < 1.29 is 14.3 Å². The molecule has 0 saturated heterocycles. The van der Waals surface area contributed by atoms with Crippen molar-refractivity contribution in [1.29, 1.82) is 0 Å². The monoisotopic (exact) mass is 576 g/mol. The van der Waals surface area contributed by atoms with E-state index in [0.717, 1.165) is 23.0 Å². The van der Waals surface area contributed by atoms with Crippen molar-refractivity contribution in [2.24, 2.45) is 0 Å². The summed E-state index contributed by atoms with van der Waals surface area (Å²) in [6, 6.07) is 22.2.